The molecule has 2 saturated carbocycles. The van der Waals surface area contributed by atoms with Gasteiger partial charge in [-0.2, -0.15) is 0 Å². The predicted molar refractivity (Wildman–Crippen MR) is 63.5 cm³/mol. The SMILES string of the molecule is CC(C)[C@H](N)C(=O)N[C@@]1(C(=O)O)C[C@H](O)[C@H]2C[C@H]21. The van der Waals surface area contributed by atoms with E-state index in [0.29, 0.717) is 6.42 Å². The van der Waals surface area contributed by atoms with Crippen LogP contribution < -0.4 is 11.1 Å². The molecule has 6 heteroatoms. The van der Waals surface area contributed by atoms with Crippen LogP contribution >= 0.6 is 0 Å². The zero-order valence-corrected chi connectivity index (χ0v) is 10.6. The maximum atomic E-state index is 11.9. The summed E-state index contributed by atoms with van der Waals surface area (Å²) in [7, 11) is 0. The van der Waals surface area contributed by atoms with E-state index in [1.807, 2.05) is 0 Å². The normalized spacial score (nSPS) is 39.3. The average molecular weight is 256 g/mol. The van der Waals surface area contributed by atoms with Crippen molar-refractivity contribution in [3.8, 4) is 0 Å². The van der Waals surface area contributed by atoms with Crippen molar-refractivity contribution in [3.63, 3.8) is 0 Å². The third kappa shape index (κ3) is 1.89. The lowest BCUT2D eigenvalue weighted by Crippen LogP contribution is -2.60. The van der Waals surface area contributed by atoms with Gasteiger partial charge in [-0.25, -0.2) is 4.79 Å². The Kier molecular flexibility index (Phi) is 3.11. The summed E-state index contributed by atoms with van der Waals surface area (Å²) in [6, 6.07) is -0.726. The smallest absolute Gasteiger partial charge is 0.329 e. The van der Waals surface area contributed by atoms with Gasteiger partial charge in [0.15, 0.2) is 0 Å². The molecule has 102 valence electrons. The number of nitrogens with one attached hydrogen (secondary N) is 1. The molecule has 5 N–H and O–H groups in total. The number of carbonyl (C=O) groups excluding carboxylic acids is 1. The molecule has 5 atom stereocenters. The van der Waals surface area contributed by atoms with E-state index in [-0.39, 0.29) is 24.2 Å². The van der Waals surface area contributed by atoms with Crippen LogP contribution in [0.3, 0.4) is 0 Å². The monoisotopic (exact) mass is 256 g/mol. The minimum atomic E-state index is -1.33. The number of amides is 1. The molecule has 2 rings (SSSR count). The lowest BCUT2D eigenvalue weighted by Gasteiger charge is -2.30. The molecule has 6 nitrogen and oxygen atoms in total. The maximum Gasteiger partial charge on any atom is 0.329 e. The summed E-state index contributed by atoms with van der Waals surface area (Å²) in [6.45, 7) is 3.61. The highest BCUT2D eigenvalue weighted by atomic mass is 16.4. The Morgan fingerprint density at radius 2 is 2.06 bits per heavy atom. The number of rotatable bonds is 4. The predicted octanol–water partition coefficient (Wildman–Crippen LogP) is -0.690. The molecule has 0 aromatic heterocycles. The van der Waals surface area contributed by atoms with Crippen molar-refractivity contribution in [2.45, 2.75) is 44.4 Å². The molecule has 1 amide bonds. The van der Waals surface area contributed by atoms with Crippen LogP contribution in [0.5, 0.6) is 0 Å². The van der Waals surface area contributed by atoms with Gasteiger partial charge in [0.25, 0.3) is 0 Å². The molecule has 0 spiro atoms. The summed E-state index contributed by atoms with van der Waals surface area (Å²) in [6.07, 6.45) is 0.0977. The van der Waals surface area contributed by atoms with Crippen LogP contribution in [0.2, 0.25) is 0 Å². The van der Waals surface area contributed by atoms with E-state index < -0.39 is 29.6 Å². The van der Waals surface area contributed by atoms with Crippen molar-refractivity contribution in [2.24, 2.45) is 23.5 Å². The number of hydrogen-bond donors (Lipinski definition) is 4. The molecular formula is C12H20N2O4. The Morgan fingerprint density at radius 3 is 2.39 bits per heavy atom. The lowest BCUT2D eigenvalue weighted by atomic mass is 9.91. The Bertz CT molecular complexity index is 384. The molecule has 2 aliphatic carbocycles. The summed E-state index contributed by atoms with van der Waals surface area (Å²) < 4.78 is 0. The second-order valence-electron chi connectivity index (χ2n) is 5.81. The van der Waals surface area contributed by atoms with Gasteiger partial charge >= 0.3 is 5.97 Å². The van der Waals surface area contributed by atoms with Gasteiger partial charge in [0.2, 0.25) is 5.91 Å². The standard InChI is InChI=1S/C12H20N2O4/c1-5(2)9(13)10(16)14-12(11(17)18)4-8(15)6-3-7(6)12/h5-9,15H,3-4,13H2,1-2H3,(H,14,16)(H,17,18)/t6-,7+,8-,9-,12-/m0/s1. The van der Waals surface area contributed by atoms with Crippen LogP contribution in [-0.4, -0.2) is 39.8 Å². The van der Waals surface area contributed by atoms with Crippen molar-refractivity contribution in [1.29, 1.82) is 0 Å². The fraction of sp³-hybridized carbons (Fsp3) is 0.833. The van der Waals surface area contributed by atoms with Gasteiger partial charge in [-0.15, -0.1) is 0 Å². The highest BCUT2D eigenvalue weighted by molar-refractivity contribution is 5.90. The number of carboxylic acids is 1. The number of fused-ring (bicyclic) bond motifs is 1. The van der Waals surface area contributed by atoms with Gasteiger partial charge in [-0.05, 0) is 24.2 Å². The van der Waals surface area contributed by atoms with Gasteiger partial charge in [-0.3, -0.25) is 4.79 Å². The highest BCUT2D eigenvalue weighted by Gasteiger charge is 2.67. The Labute approximate surface area is 106 Å². The highest BCUT2D eigenvalue weighted by Crippen LogP contribution is 2.57. The molecule has 0 radical (unpaired) electrons. The molecule has 2 fully saturated rings. The van der Waals surface area contributed by atoms with Crippen molar-refractivity contribution in [2.75, 3.05) is 0 Å². The van der Waals surface area contributed by atoms with E-state index in [9.17, 15) is 19.8 Å². The number of carboxylic acid groups (broad SMARTS) is 1. The first-order chi connectivity index (χ1) is 8.29. The first-order valence-corrected chi connectivity index (χ1v) is 6.28. The number of carbonyl (C=O) groups is 2. The molecule has 0 unspecified atom stereocenters. The zero-order valence-electron chi connectivity index (χ0n) is 10.6. The Balaban J connectivity index is 2.14. The third-order valence-corrected chi connectivity index (χ3v) is 4.25. The van der Waals surface area contributed by atoms with Crippen molar-refractivity contribution >= 4 is 11.9 Å². The summed E-state index contributed by atoms with van der Waals surface area (Å²) >= 11 is 0. The Morgan fingerprint density at radius 1 is 1.44 bits per heavy atom. The van der Waals surface area contributed by atoms with Gasteiger partial charge in [0.1, 0.15) is 5.54 Å². The number of aliphatic carboxylic acids is 1. The first-order valence-electron chi connectivity index (χ1n) is 6.28. The minimum Gasteiger partial charge on any atom is -0.479 e. The molecule has 2 aliphatic rings. The fourth-order valence-electron chi connectivity index (χ4n) is 2.89. The van der Waals surface area contributed by atoms with Crippen LogP contribution in [0, 0.1) is 17.8 Å². The summed E-state index contributed by atoms with van der Waals surface area (Å²) in [4.78, 5) is 23.4. The van der Waals surface area contributed by atoms with Gasteiger partial charge in [-0.1, -0.05) is 13.8 Å². The van der Waals surface area contributed by atoms with Gasteiger partial charge < -0.3 is 21.3 Å². The molecule has 0 aliphatic heterocycles. The van der Waals surface area contributed by atoms with E-state index in [1.54, 1.807) is 13.8 Å². The molecule has 18 heavy (non-hydrogen) atoms. The van der Waals surface area contributed by atoms with Crippen LogP contribution in [0.25, 0.3) is 0 Å². The quantitative estimate of drug-likeness (QED) is 0.532. The number of hydrogen-bond acceptors (Lipinski definition) is 4. The molecule has 0 aromatic carbocycles. The second-order valence-corrected chi connectivity index (χ2v) is 5.81. The summed E-state index contributed by atoms with van der Waals surface area (Å²) in [5.74, 6) is -1.73. The van der Waals surface area contributed by atoms with Crippen LogP contribution in [0.4, 0.5) is 0 Å². The molecule has 0 bridgehead atoms. The largest absolute Gasteiger partial charge is 0.479 e. The fourth-order valence-corrected chi connectivity index (χ4v) is 2.89. The lowest BCUT2D eigenvalue weighted by molar-refractivity contribution is -0.149. The molecule has 0 aromatic rings. The van der Waals surface area contributed by atoms with Gasteiger partial charge in [0.05, 0.1) is 12.1 Å². The summed E-state index contributed by atoms with van der Waals surface area (Å²) in [5.41, 5.74) is 4.40. The minimum absolute atomic E-state index is 0.0108. The van der Waals surface area contributed by atoms with E-state index in [0.717, 1.165) is 0 Å². The van der Waals surface area contributed by atoms with Crippen LogP contribution in [0.1, 0.15) is 26.7 Å². The van der Waals surface area contributed by atoms with E-state index >= 15 is 0 Å². The topological polar surface area (TPSA) is 113 Å². The Hall–Kier alpha value is -1.14. The maximum absolute atomic E-state index is 11.9. The van der Waals surface area contributed by atoms with Crippen molar-refractivity contribution < 1.29 is 19.8 Å². The third-order valence-electron chi connectivity index (χ3n) is 4.25. The van der Waals surface area contributed by atoms with Crippen LogP contribution in [-0.2, 0) is 9.59 Å². The number of aliphatic hydroxyl groups is 1. The van der Waals surface area contributed by atoms with E-state index in [2.05, 4.69) is 5.32 Å². The van der Waals surface area contributed by atoms with E-state index in [1.165, 1.54) is 0 Å². The zero-order chi connectivity index (χ0) is 13.7. The first kappa shape index (κ1) is 13.3. The van der Waals surface area contributed by atoms with Gasteiger partial charge in [0, 0.05) is 6.42 Å². The number of nitrogens with two attached hydrogens (primary N) is 1. The van der Waals surface area contributed by atoms with Crippen LogP contribution in [0.15, 0.2) is 0 Å². The molecule has 0 saturated heterocycles. The van der Waals surface area contributed by atoms with Crippen molar-refractivity contribution in [1.82, 2.24) is 5.32 Å². The molecular weight excluding hydrogens is 236 g/mol. The summed E-state index contributed by atoms with van der Waals surface area (Å²) in [5, 5.41) is 21.7. The van der Waals surface area contributed by atoms with Crippen molar-refractivity contribution in [3.05, 3.63) is 0 Å². The molecule has 0 heterocycles. The number of aliphatic hydroxyl groups excluding tert-OH is 1. The van der Waals surface area contributed by atoms with E-state index in [4.69, 9.17) is 5.73 Å². The second kappa shape index (κ2) is 4.20. The average Bonchev–Trinajstić information content (AvgIpc) is 3.01.